The summed E-state index contributed by atoms with van der Waals surface area (Å²) in [6.45, 7) is 0. The Kier molecular flexibility index (Phi) is 3.75. The minimum Gasteiger partial charge on any atom is -0.481 e. The molecule has 0 saturated heterocycles. The van der Waals surface area contributed by atoms with Crippen molar-refractivity contribution in [1.82, 2.24) is 0 Å². The molecule has 0 heterocycles. The van der Waals surface area contributed by atoms with Gasteiger partial charge in [0.1, 0.15) is 11.5 Å². The van der Waals surface area contributed by atoms with Crippen LogP contribution in [-0.2, 0) is 4.74 Å². The van der Waals surface area contributed by atoms with Gasteiger partial charge < -0.3 is 9.47 Å². The first-order valence-electron chi connectivity index (χ1n) is 5.46. The SMILES string of the molecule is COC(=N)c1ccc(Oc2ccc(F)c(F)c2)cc1. The molecule has 5 heteroatoms. The van der Waals surface area contributed by atoms with E-state index < -0.39 is 11.6 Å². The van der Waals surface area contributed by atoms with Gasteiger partial charge in [-0.05, 0) is 36.4 Å². The fraction of sp³-hybridized carbons (Fsp3) is 0.0714. The highest BCUT2D eigenvalue weighted by Gasteiger charge is 2.05. The van der Waals surface area contributed by atoms with Crippen LogP contribution in [0, 0.1) is 17.0 Å². The summed E-state index contributed by atoms with van der Waals surface area (Å²) in [5.74, 6) is -1.18. The molecule has 0 aliphatic rings. The first kappa shape index (κ1) is 13.0. The minimum absolute atomic E-state index is 0.0411. The third-order valence-corrected chi connectivity index (χ3v) is 2.45. The Balaban J connectivity index is 2.15. The Hall–Kier alpha value is -2.43. The molecule has 1 N–H and O–H groups in total. The molecule has 0 fully saturated rings. The fourth-order valence-corrected chi connectivity index (χ4v) is 1.47. The van der Waals surface area contributed by atoms with E-state index in [-0.39, 0.29) is 11.6 Å². The van der Waals surface area contributed by atoms with Crippen molar-refractivity contribution in [2.45, 2.75) is 0 Å². The maximum atomic E-state index is 13.0. The molecule has 0 aliphatic heterocycles. The number of halogens is 2. The lowest BCUT2D eigenvalue weighted by Gasteiger charge is -2.07. The lowest BCUT2D eigenvalue weighted by Crippen LogP contribution is -2.00. The molecule has 0 atom stereocenters. The van der Waals surface area contributed by atoms with E-state index in [9.17, 15) is 8.78 Å². The molecule has 0 bridgehead atoms. The van der Waals surface area contributed by atoms with Crippen molar-refractivity contribution < 1.29 is 18.3 Å². The van der Waals surface area contributed by atoms with E-state index in [2.05, 4.69) is 0 Å². The molecule has 0 amide bonds. The van der Waals surface area contributed by atoms with Crippen molar-refractivity contribution in [2.24, 2.45) is 0 Å². The molecule has 2 aromatic carbocycles. The molecular formula is C14H11F2NO2. The van der Waals surface area contributed by atoms with E-state index >= 15 is 0 Å². The average molecular weight is 263 g/mol. The van der Waals surface area contributed by atoms with Crippen LogP contribution in [0.4, 0.5) is 8.78 Å². The van der Waals surface area contributed by atoms with Gasteiger partial charge in [0.2, 0.25) is 5.90 Å². The third kappa shape index (κ3) is 3.07. The molecule has 0 spiro atoms. The third-order valence-electron chi connectivity index (χ3n) is 2.45. The lowest BCUT2D eigenvalue weighted by atomic mass is 10.2. The smallest absolute Gasteiger partial charge is 0.212 e. The van der Waals surface area contributed by atoms with Gasteiger partial charge in [0.05, 0.1) is 7.11 Å². The molecule has 98 valence electrons. The molecule has 3 nitrogen and oxygen atoms in total. The Morgan fingerprint density at radius 3 is 2.16 bits per heavy atom. The van der Waals surface area contributed by atoms with Crippen LogP contribution >= 0.6 is 0 Å². The molecule has 0 aromatic heterocycles. The normalized spacial score (nSPS) is 10.1. The van der Waals surface area contributed by atoms with Gasteiger partial charge in [-0.1, -0.05) is 0 Å². The first-order valence-corrected chi connectivity index (χ1v) is 5.46. The molecule has 0 aliphatic carbocycles. The van der Waals surface area contributed by atoms with Crippen LogP contribution in [0.5, 0.6) is 11.5 Å². The number of ether oxygens (including phenoxy) is 2. The minimum atomic E-state index is -0.963. The van der Waals surface area contributed by atoms with Crippen LogP contribution in [-0.4, -0.2) is 13.0 Å². The number of hydrogen-bond acceptors (Lipinski definition) is 3. The Labute approximate surface area is 108 Å². The van der Waals surface area contributed by atoms with Crippen molar-refractivity contribution in [1.29, 1.82) is 5.41 Å². The summed E-state index contributed by atoms with van der Waals surface area (Å²) < 4.78 is 35.9. The molecule has 0 unspecified atom stereocenters. The number of nitrogens with one attached hydrogen (secondary N) is 1. The standard InChI is InChI=1S/C14H11F2NO2/c1-18-14(17)9-2-4-10(5-3-9)19-11-6-7-12(15)13(16)8-11/h2-8,17H,1H3. The lowest BCUT2D eigenvalue weighted by molar-refractivity contribution is 0.401. The van der Waals surface area contributed by atoms with Crippen LogP contribution in [0.2, 0.25) is 0 Å². The first-order chi connectivity index (χ1) is 9.10. The van der Waals surface area contributed by atoms with Crippen molar-refractivity contribution in [2.75, 3.05) is 7.11 Å². The monoisotopic (exact) mass is 263 g/mol. The summed E-state index contributed by atoms with van der Waals surface area (Å²) in [4.78, 5) is 0. The Bertz CT molecular complexity index is 597. The number of methoxy groups -OCH3 is 1. The second-order valence-electron chi connectivity index (χ2n) is 3.74. The topological polar surface area (TPSA) is 42.3 Å². The molecule has 0 radical (unpaired) electrons. The maximum Gasteiger partial charge on any atom is 0.212 e. The maximum absolute atomic E-state index is 13.0. The van der Waals surface area contributed by atoms with Gasteiger partial charge in [-0.15, -0.1) is 0 Å². The van der Waals surface area contributed by atoms with Gasteiger partial charge in [-0.25, -0.2) is 8.78 Å². The van der Waals surface area contributed by atoms with Gasteiger partial charge in [-0.2, -0.15) is 0 Å². The van der Waals surface area contributed by atoms with E-state index in [0.717, 1.165) is 12.1 Å². The highest BCUT2D eigenvalue weighted by Crippen LogP contribution is 2.23. The average Bonchev–Trinajstić information content (AvgIpc) is 2.43. The zero-order chi connectivity index (χ0) is 13.8. The van der Waals surface area contributed by atoms with E-state index in [1.165, 1.54) is 13.2 Å². The summed E-state index contributed by atoms with van der Waals surface area (Å²) in [5.41, 5.74) is 0.597. The van der Waals surface area contributed by atoms with Crippen molar-refractivity contribution in [3.05, 3.63) is 59.7 Å². The van der Waals surface area contributed by atoms with Crippen molar-refractivity contribution in [3.8, 4) is 11.5 Å². The quantitative estimate of drug-likeness (QED) is 0.677. The van der Waals surface area contributed by atoms with Crippen LogP contribution in [0.1, 0.15) is 5.56 Å². The van der Waals surface area contributed by atoms with Crippen molar-refractivity contribution in [3.63, 3.8) is 0 Å². The molecule has 2 aromatic rings. The van der Waals surface area contributed by atoms with E-state index in [0.29, 0.717) is 11.3 Å². The predicted octanol–water partition coefficient (Wildman–Crippen LogP) is 3.73. The highest BCUT2D eigenvalue weighted by molar-refractivity contribution is 5.91. The van der Waals surface area contributed by atoms with Gasteiger partial charge in [0, 0.05) is 11.6 Å². The van der Waals surface area contributed by atoms with Gasteiger partial charge >= 0.3 is 0 Å². The largest absolute Gasteiger partial charge is 0.481 e. The summed E-state index contributed by atoms with van der Waals surface area (Å²) in [6, 6.07) is 9.82. The zero-order valence-electron chi connectivity index (χ0n) is 10.1. The summed E-state index contributed by atoms with van der Waals surface area (Å²) in [5, 5.41) is 7.47. The Morgan fingerprint density at radius 2 is 1.58 bits per heavy atom. The second kappa shape index (κ2) is 5.48. The number of rotatable bonds is 3. The van der Waals surface area contributed by atoms with E-state index in [1.807, 2.05) is 0 Å². The van der Waals surface area contributed by atoms with Crippen LogP contribution in [0.15, 0.2) is 42.5 Å². The van der Waals surface area contributed by atoms with Gasteiger partial charge in [0.15, 0.2) is 11.6 Å². The molecule has 2 rings (SSSR count). The Morgan fingerprint density at radius 1 is 0.947 bits per heavy atom. The van der Waals surface area contributed by atoms with E-state index in [1.54, 1.807) is 24.3 Å². The fourth-order valence-electron chi connectivity index (χ4n) is 1.47. The van der Waals surface area contributed by atoms with Crippen LogP contribution < -0.4 is 4.74 Å². The van der Waals surface area contributed by atoms with E-state index in [4.69, 9.17) is 14.9 Å². The highest BCUT2D eigenvalue weighted by atomic mass is 19.2. The zero-order valence-corrected chi connectivity index (χ0v) is 10.1. The summed E-state index contributed by atoms with van der Waals surface area (Å²) in [7, 11) is 1.41. The molecule has 19 heavy (non-hydrogen) atoms. The van der Waals surface area contributed by atoms with Crippen LogP contribution in [0.3, 0.4) is 0 Å². The molecule has 0 saturated carbocycles. The molecular weight excluding hydrogens is 252 g/mol. The predicted molar refractivity (Wildman–Crippen MR) is 66.7 cm³/mol. The summed E-state index contributed by atoms with van der Waals surface area (Å²) >= 11 is 0. The van der Waals surface area contributed by atoms with Gasteiger partial charge in [-0.3, -0.25) is 5.41 Å². The van der Waals surface area contributed by atoms with Crippen LogP contribution in [0.25, 0.3) is 0 Å². The van der Waals surface area contributed by atoms with Gasteiger partial charge in [0.25, 0.3) is 0 Å². The number of benzene rings is 2. The number of hydrogen-bond donors (Lipinski definition) is 1. The second-order valence-corrected chi connectivity index (χ2v) is 3.74. The van der Waals surface area contributed by atoms with Crippen molar-refractivity contribution >= 4 is 5.90 Å². The summed E-state index contributed by atoms with van der Waals surface area (Å²) in [6.07, 6.45) is 0.